The molecule has 0 saturated carbocycles. The number of amides is 1. The van der Waals surface area contributed by atoms with Crippen LogP contribution in [-0.4, -0.2) is 33.4 Å². The number of carbonyl (C=O) groups is 1. The Morgan fingerprint density at radius 1 is 1.26 bits per heavy atom. The second-order valence-electron chi connectivity index (χ2n) is 7.31. The molecule has 2 heterocycles. The number of nitrogens with zero attached hydrogens (tertiary/aromatic N) is 2. The quantitative estimate of drug-likeness (QED) is 0.459. The third-order valence-corrected chi connectivity index (χ3v) is 6.19. The van der Waals surface area contributed by atoms with Gasteiger partial charge in [-0.3, -0.25) is 14.2 Å². The van der Waals surface area contributed by atoms with Gasteiger partial charge < -0.3 is 10.1 Å². The van der Waals surface area contributed by atoms with Crippen molar-refractivity contribution in [2.45, 2.75) is 42.8 Å². The predicted molar refractivity (Wildman–Crippen MR) is 115 cm³/mol. The maximum Gasteiger partial charge on any atom is 0.262 e. The number of fused-ring (bicyclic) bond motifs is 1. The first kappa shape index (κ1) is 21.5. The minimum atomic E-state index is -0.857. The standard InChI is InChI=1S/C22H21F2N3O3S/c1-13(20(28)26-19-16(23)8-4-9-17(19)24)31-22-25-18-10-3-2-7-15(18)21(29)27(22)12-14-6-5-11-30-14/h2-4,7-10,13-14H,5-6,11-12H2,1H3,(H,26,28). The summed E-state index contributed by atoms with van der Waals surface area (Å²) in [5.41, 5.74) is -0.189. The van der Waals surface area contributed by atoms with Crippen LogP contribution in [0.3, 0.4) is 0 Å². The smallest absolute Gasteiger partial charge is 0.262 e. The van der Waals surface area contributed by atoms with E-state index in [9.17, 15) is 18.4 Å². The van der Waals surface area contributed by atoms with Gasteiger partial charge in [0.05, 0.1) is 28.8 Å². The Kier molecular flexibility index (Phi) is 6.33. The number of benzene rings is 2. The van der Waals surface area contributed by atoms with E-state index < -0.39 is 28.5 Å². The molecule has 1 aromatic heterocycles. The zero-order valence-electron chi connectivity index (χ0n) is 16.8. The second-order valence-corrected chi connectivity index (χ2v) is 8.62. The number of aromatic nitrogens is 2. The molecule has 31 heavy (non-hydrogen) atoms. The highest BCUT2D eigenvalue weighted by atomic mass is 32.2. The molecule has 2 aromatic carbocycles. The third-order valence-electron chi connectivity index (χ3n) is 5.10. The zero-order chi connectivity index (χ0) is 22.0. The highest BCUT2D eigenvalue weighted by Crippen LogP contribution is 2.26. The molecule has 0 radical (unpaired) electrons. The summed E-state index contributed by atoms with van der Waals surface area (Å²) in [6.45, 7) is 2.57. The molecule has 1 N–H and O–H groups in total. The summed E-state index contributed by atoms with van der Waals surface area (Å²) in [5, 5.41) is 2.37. The second kappa shape index (κ2) is 9.15. The first-order valence-electron chi connectivity index (χ1n) is 9.96. The van der Waals surface area contributed by atoms with Crippen molar-refractivity contribution < 1.29 is 18.3 Å². The number of halogens is 2. The van der Waals surface area contributed by atoms with Crippen LogP contribution in [0.1, 0.15) is 19.8 Å². The fourth-order valence-electron chi connectivity index (χ4n) is 3.44. The summed E-state index contributed by atoms with van der Waals surface area (Å²) in [4.78, 5) is 30.3. The van der Waals surface area contributed by atoms with Crippen LogP contribution in [-0.2, 0) is 16.1 Å². The molecule has 6 nitrogen and oxygen atoms in total. The van der Waals surface area contributed by atoms with Crippen LogP contribution in [0.5, 0.6) is 0 Å². The fourth-order valence-corrected chi connectivity index (χ4v) is 4.36. The minimum Gasteiger partial charge on any atom is -0.376 e. The molecule has 162 valence electrons. The van der Waals surface area contributed by atoms with E-state index in [0.29, 0.717) is 29.2 Å². The molecule has 0 aliphatic carbocycles. The summed E-state index contributed by atoms with van der Waals surface area (Å²) in [6, 6.07) is 10.4. The number of hydrogen-bond acceptors (Lipinski definition) is 5. The number of hydrogen-bond donors (Lipinski definition) is 1. The maximum absolute atomic E-state index is 13.9. The molecular weight excluding hydrogens is 424 g/mol. The largest absolute Gasteiger partial charge is 0.376 e. The lowest BCUT2D eigenvalue weighted by Crippen LogP contribution is -2.30. The van der Waals surface area contributed by atoms with Crippen LogP contribution >= 0.6 is 11.8 Å². The monoisotopic (exact) mass is 445 g/mol. The van der Waals surface area contributed by atoms with Gasteiger partial charge in [-0.2, -0.15) is 0 Å². The molecule has 1 saturated heterocycles. The van der Waals surface area contributed by atoms with Crippen LogP contribution < -0.4 is 10.9 Å². The summed E-state index contributed by atoms with van der Waals surface area (Å²) in [6.07, 6.45) is 1.67. The van der Waals surface area contributed by atoms with Crippen LogP contribution in [0.2, 0.25) is 0 Å². The molecule has 0 bridgehead atoms. The van der Waals surface area contributed by atoms with Crippen LogP contribution in [0.4, 0.5) is 14.5 Å². The average molecular weight is 445 g/mol. The lowest BCUT2D eigenvalue weighted by molar-refractivity contribution is -0.115. The van der Waals surface area contributed by atoms with Crippen molar-refractivity contribution in [3.05, 3.63) is 64.5 Å². The van der Waals surface area contributed by atoms with Crippen LogP contribution in [0, 0.1) is 11.6 Å². The Hall–Kier alpha value is -2.78. The number of thioether (sulfide) groups is 1. The Morgan fingerprint density at radius 2 is 2.00 bits per heavy atom. The molecule has 9 heteroatoms. The van der Waals surface area contributed by atoms with Gasteiger partial charge >= 0.3 is 0 Å². The minimum absolute atomic E-state index is 0.100. The van der Waals surface area contributed by atoms with Gasteiger partial charge in [-0.05, 0) is 44.0 Å². The first-order chi connectivity index (χ1) is 14.9. The topological polar surface area (TPSA) is 73.2 Å². The Morgan fingerprint density at radius 3 is 2.71 bits per heavy atom. The van der Waals surface area contributed by atoms with Gasteiger partial charge in [-0.25, -0.2) is 13.8 Å². The van der Waals surface area contributed by atoms with E-state index >= 15 is 0 Å². The van der Waals surface area contributed by atoms with Gasteiger partial charge in [0, 0.05) is 6.61 Å². The van der Waals surface area contributed by atoms with E-state index in [1.165, 1.54) is 10.6 Å². The maximum atomic E-state index is 13.9. The van der Waals surface area contributed by atoms with Gasteiger partial charge in [0.25, 0.3) is 5.56 Å². The third kappa shape index (κ3) is 4.62. The summed E-state index contributed by atoms with van der Waals surface area (Å²) >= 11 is 1.06. The predicted octanol–water partition coefficient (Wildman–Crippen LogP) is 3.97. The molecule has 3 aromatic rings. The van der Waals surface area contributed by atoms with Gasteiger partial charge in [-0.15, -0.1) is 0 Å². The van der Waals surface area contributed by atoms with E-state index in [4.69, 9.17) is 4.74 Å². The zero-order valence-corrected chi connectivity index (χ0v) is 17.6. The van der Waals surface area contributed by atoms with E-state index in [-0.39, 0.29) is 11.7 Å². The van der Waals surface area contributed by atoms with Crippen molar-refractivity contribution in [1.82, 2.24) is 9.55 Å². The number of ether oxygens (including phenoxy) is 1. The van der Waals surface area contributed by atoms with Crippen molar-refractivity contribution >= 4 is 34.3 Å². The number of rotatable bonds is 6. The van der Waals surface area contributed by atoms with E-state index in [1.807, 2.05) is 0 Å². The molecule has 1 fully saturated rings. The Bertz CT molecular complexity index is 1160. The molecule has 1 aliphatic heterocycles. The van der Waals surface area contributed by atoms with E-state index in [0.717, 1.165) is 36.7 Å². The summed E-state index contributed by atoms with van der Waals surface area (Å²) in [7, 11) is 0. The average Bonchev–Trinajstić information content (AvgIpc) is 3.27. The highest BCUT2D eigenvalue weighted by molar-refractivity contribution is 8.00. The molecule has 2 atom stereocenters. The van der Waals surface area contributed by atoms with Gasteiger partial charge in [-0.1, -0.05) is 30.0 Å². The molecule has 0 spiro atoms. The van der Waals surface area contributed by atoms with Crippen molar-refractivity contribution in [3.8, 4) is 0 Å². The molecule has 1 amide bonds. The number of nitrogens with one attached hydrogen (secondary N) is 1. The van der Waals surface area contributed by atoms with Gasteiger partial charge in [0.15, 0.2) is 5.16 Å². The van der Waals surface area contributed by atoms with E-state index in [2.05, 4.69) is 10.3 Å². The highest BCUT2D eigenvalue weighted by Gasteiger charge is 2.24. The number of para-hydroxylation sites is 2. The summed E-state index contributed by atoms with van der Waals surface area (Å²) < 4.78 is 35.0. The molecule has 4 rings (SSSR count). The van der Waals surface area contributed by atoms with Crippen LogP contribution in [0.25, 0.3) is 10.9 Å². The van der Waals surface area contributed by atoms with Gasteiger partial charge in [0.2, 0.25) is 5.91 Å². The molecule has 2 unspecified atom stereocenters. The number of anilines is 1. The lowest BCUT2D eigenvalue weighted by Gasteiger charge is -2.18. The normalized spacial score (nSPS) is 17.1. The van der Waals surface area contributed by atoms with Crippen molar-refractivity contribution in [2.24, 2.45) is 0 Å². The van der Waals surface area contributed by atoms with E-state index in [1.54, 1.807) is 31.2 Å². The fraction of sp³-hybridized carbons (Fsp3) is 0.318. The van der Waals surface area contributed by atoms with Crippen LogP contribution in [0.15, 0.2) is 52.4 Å². The van der Waals surface area contributed by atoms with Gasteiger partial charge in [0.1, 0.15) is 17.3 Å². The van der Waals surface area contributed by atoms with Crippen molar-refractivity contribution in [1.29, 1.82) is 0 Å². The SMILES string of the molecule is CC(Sc1nc2ccccc2c(=O)n1CC1CCCO1)C(=O)Nc1c(F)cccc1F. The Balaban J connectivity index is 1.63. The van der Waals surface area contributed by atoms with Crippen molar-refractivity contribution in [2.75, 3.05) is 11.9 Å². The molecular formula is C22H21F2N3O3S. The number of carbonyl (C=O) groups excluding carboxylic acids is 1. The van der Waals surface area contributed by atoms with Crippen molar-refractivity contribution in [3.63, 3.8) is 0 Å². The first-order valence-corrected chi connectivity index (χ1v) is 10.8. The summed E-state index contributed by atoms with van der Waals surface area (Å²) in [5.74, 6) is -2.31. The molecule has 1 aliphatic rings. The Labute approximate surface area is 181 Å². The lowest BCUT2D eigenvalue weighted by atomic mass is 10.2.